The van der Waals surface area contributed by atoms with Crippen molar-refractivity contribution >= 4 is 28.7 Å². The van der Waals surface area contributed by atoms with Crippen molar-refractivity contribution in [2.24, 2.45) is 15.9 Å². The Kier molecular flexibility index (Phi) is 7.10. The van der Waals surface area contributed by atoms with Crippen molar-refractivity contribution in [3.63, 3.8) is 0 Å². The molecule has 3 heteroatoms. The summed E-state index contributed by atoms with van der Waals surface area (Å²) in [7, 11) is 0. The maximum atomic E-state index is 5.26. The van der Waals surface area contributed by atoms with Gasteiger partial charge in [-0.05, 0) is 54.1 Å². The number of aliphatic imine (C=N–C) groups is 2. The van der Waals surface area contributed by atoms with Crippen LogP contribution in [0, 0.1) is 17.8 Å². The van der Waals surface area contributed by atoms with E-state index in [4.69, 9.17) is 9.98 Å². The molecular weight excluding hydrogens is 474 g/mol. The molecule has 5 aromatic carbocycles. The van der Waals surface area contributed by atoms with Gasteiger partial charge >= 0.3 is 0 Å². The van der Waals surface area contributed by atoms with Gasteiger partial charge in [0.2, 0.25) is 0 Å². The Hall–Kier alpha value is -5.20. The van der Waals surface area contributed by atoms with Gasteiger partial charge in [-0.25, -0.2) is 9.98 Å². The van der Waals surface area contributed by atoms with Crippen molar-refractivity contribution in [3.05, 3.63) is 163 Å². The monoisotopic (exact) mass is 501 g/mol. The van der Waals surface area contributed by atoms with E-state index in [1.807, 2.05) is 103 Å². The summed E-state index contributed by atoms with van der Waals surface area (Å²) in [5.41, 5.74) is 4.91. The molecule has 39 heavy (non-hydrogen) atoms. The number of para-hydroxylation sites is 3. The molecule has 186 valence electrons. The van der Waals surface area contributed by atoms with Gasteiger partial charge < -0.3 is 0 Å². The molecule has 3 nitrogen and oxygen atoms in total. The highest BCUT2D eigenvalue weighted by Crippen LogP contribution is 2.41. The molecule has 0 amide bonds. The van der Waals surface area contributed by atoms with E-state index in [1.165, 1.54) is 0 Å². The average molecular weight is 502 g/mol. The smallest absolute Gasteiger partial charge is 0.131 e. The second-order valence-electron chi connectivity index (χ2n) is 9.28. The fourth-order valence-corrected chi connectivity index (χ4v) is 4.88. The van der Waals surface area contributed by atoms with Crippen LogP contribution in [0.2, 0.25) is 0 Å². The SMILES string of the molecule is C(#CC1C(=Nc2ccccc2)N(c2ccccc2)C(=Nc2ccccc2)C1c1ccccc1)c1ccccc1. The fourth-order valence-electron chi connectivity index (χ4n) is 4.88. The number of amidine groups is 2. The minimum Gasteiger partial charge on any atom is -0.284 e. The molecule has 2 unspecified atom stereocenters. The van der Waals surface area contributed by atoms with Crippen LogP contribution in [-0.4, -0.2) is 11.7 Å². The van der Waals surface area contributed by atoms with Gasteiger partial charge in [0.15, 0.2) is 0 Å². The van der Waals surface area contributed by atoms with Gasteiger partial charge in [-0.15, -0.1) is 0 Å². The molecule has 6 rings (SSSR count). The number of benzene rings is 5. The zero-order chi connectivity index (χ0) is 26.3. The van der Waals surface area contributed by atoms with E-state index < -0.39 is 0 Å². The van der Waals surface area contributed by atoms with Gasteiger partial charge in [0.25, 0.3) is 0 Å². The molecule has 0 aliphatic carbocycles. The molecule has 2 atom stereocenters. The van der Waals surface area contributed by atoms with Crippen molar-refractivity contribution < 1.29 is 0 Å². The molecule has 0 aromatic heterocycles. The van der Waals surface area contributed by atoms with E-state index in [-0.39, 0.29) is 11.8 Å². The molecule has 1 fully saturated rings. The van der Waals surface area contributed by atoms with Crippen molar-refractivity contribution in [3.8, 4) is 11.8 Å². The summed E-state index contributed by atoms with van der Waals surface area (Å²) in [4.78, 5) is 12.7. The normalized spacial score (nSPS) is 18.6. The van der Waals surface area contributed by atoms with Crippen LogP contribution in [0.1, 0.15) is 17.0 Å². The second-order valence-corrected chi connectivity index (χ2v) is 9.28. The first-order valence-corrected chi connectivity index (χ1v) is 13.1. The summed E-state index contributed by atoms with van der Waals surface area (Å²) in [6.07, 6.45) is 0. The third kappa shape index (κ3) is 5.42. The van der Waals surface area contributed by atoms with Gasteiger partial charge in [0.05, 0.1) is 23.2 Å². The van der Waals surface area contributed by atoms with E-state index in [0.717, 1.165) is 39.9 Å². The number of hydrogen-bond donors (Lipinski definition) is 0. The lowest BCUT2D eigenvalue weighted by molar-refractivity contribution is 0.831. The maximum Gasteiger partial charge on any atom is 0.131 e. The van der Waals surface area contributed by atoms with Gasteiger partial charge in [0, 0.05) is 11.3 Å². The second kappa shape index (κ2) is 11.5. The van der Waals surface area contributed by atoms with Crippen LogP contribution in [0.4, 0.5) is 17.1 Å². The molecule has 0 radical (unpaired) electrons. The number of hydrogen-bond acceptors (Lipinski definition) is 2. The maximum absolute atomic E-state index is 5.26. The predicted octanol–water partition coefficient (Wildman–Crippen LogP) is 8.42. The summed E-state index contributed by atoms with van der Waals surface area (Å²) < 4.78 is 0. The molecule has 1 aliphatic heterocycles. The van der Waals surface area contributed by atoms with Crippen molar-refractivity contribution in [2.75, 3.05) is 4.90 Å². The zero-order valence-corrected chi connectivity index (χ0v) is 21.4. The first-order valence-electron chi connectivity index (χ1n) is 13.1. The molecule has 1 heterocycles. The fraction of sp³-hybridized carbons (Fsp3) is 0.0556. The zero-order valence-electron chi connectivity index (χ0n) is 21.4. The topological polar surface area (TPSA) is 28.0 Å². The molecule has 5 aromatic rings. The van der Waals surface area contributed by atoms with Crippen LogP contribution in [-0.2, 0) is 0 Å². The highest BCUT2D eigenvalue weighted by Gasteiger charge is 2.45. The van der Waals surface area contributed by atoms with Crippen molar-refractivity contribution in [1.82, 2.24) is 0 Å². The summed E-state index contributed by atoms with van der Waals surface area (Å²) in [6, 6.07) is 51.2. The summed E-state index contributed by atoms with van der Waals surface area (Å²) in [5, 5.41) is 0. The van der Waals surface area contributed by atoms with Gasteiger partial charge in [0.1, 0.15) is 11.7 Å². The number of rotatable bonds is 4. The lowest BCUT2D eigenvalue weighted by atomic mass is 9.87. The van der Waals surface area contributed by atoms with E-state index in [1.54, 1.807) is 0 Å². The molecule has 0 N–H and O–H groups in total. The largest absolute Gasteiger partial charge is 0.284 e. The van der Waals surface area contributed by atoms with Crippen LogP contribution in [0.25, 0.3) is 0 Å². The standard InChI is InChI=1S/C36H27N3/c1-6-16-28(17-7-1)26-27-33-34(29-18-8-2-9-19-29)36(38-31-22-12-4-13-23-31)39(32-24-14-5-15-25-32)35(33)37-30-20-10-3-11-21-30/h1-25,33-34H. The van der Waals surface area contributed by atoms with E-state index in [9.17, 15) is 0 Å². The van der Waals surface area contributed by atoms with Crippen LogP contribution in [0.5, 0.6) is 0 Å². The Labute approximate surface area is 229 Å². The van der Waals surface area contributed by atoms with E-state index in [0.29, 0.717) is 0 Å². The Morgan fingerprint density at radius 3 is 1.51 bits per heavy atom. The summed E-state index contributed by atoms with van der Waals surface area (Å²) >= 11 is 0. The van der Waals surface area contributed by atoms with Crippen LogP contribution in [0.15, 0.2) is 162 Å². The van der Waals surface area contributed by atoms with Crippen molar-refractivity contribution in [1.29, 1.82) is 0 Å². The minimum absolute atomic E-state index is 0.120. The Balaban J connectivity index is 1.63. The number of anilines is 1. The van der Waals surface area contributed by atoms with Gasteiger partial charge in [-0.3, -0.25) is 4.90 Å². The lowest BCUT2D eigenvalue weighted by Crippen LogP contribution is -2.31. The summed E-state index contributed by atoms with van der Waals surface area (Å²) in [5.74, 6) is 8.49. The predicted molar refractivity (Wildman–Crippen MR) is 162 cm³/mol. The highest BCUT2D eigenvalue weighted by atomic mass is 15.3. The molecule has 0 spiro atoms. The Bertz CT molecular complexity index is 1630. The molecule has 1 saturated heterocycles. The molecular formula is C36H27N3. The van der Waals surface area contributed by atoms with Crippen LogP contribution >= 0.6 is 0 Å². The third-order valence-electron chi connectivity index (χ3n) is 6.67. The van der Waals surface area contributed by atoms with Gasteiger partial charge in [-0.1, -0.05) is 115 Å². The van der Waals surface area contributed by atoms with E-state index in [2.05, 4.69) is 65.3 Å². The summed E-state index contributed by atoms with van der Waals surface area (Å²) in [6.45, 7) is 0. The van der Waals surface area contributed by atoms with Gasteiger partial charge in [-0.2, -0.15) is 0 Å². The molecule has 0 saturated carbocycles. The minimum atomic E-state index is -0.226. The lowest BCUT2D eigenvalue weighted by Gasteiger charge is -2.21. The third-order valence-corrected chi connectivity index (χ3v) is 6.67. The first-order chi connectivity index (χ1) is 19.4. The van der Waals surface area contributed by atoms with E-state index >= 15 is 0 Å². The molecule has 1 aliphatic rings. The quantitative estimate of drug-likeness (QED) is 0.227. The first kappa shape index (κ1) is 24.2. The highest BCUT2D eigenvalue weighted by molar-refractivity contribution is 6.29. The van der Waals surface area contributed by atoms with Crippen molar-refractivity contribution in [2.45, 2.75) is 5.92 Å². The Morgan fingerprint density at radius 1 is 0.487 bits per heavy atom. The average Bonchev–Trinajstić information content (AvgIpc) is 3.30. The van der Waals surface area contributed by atoms with Crippen LogP contribution < -0.4 is 4.90 Å². The molecule has 0 bridgehead atoms. The number of nitrogens with zero attached hydrogens (tertiary/aromatic N) is 3. The Morgan fingerprint density at radius 2 is 0.949 bits per heavy atom. The van der Waals surface area contributed by atoms with Crippen LogP contribution in [0.3, 0.4) is 0 Å².